The number of nitrogens with two attached hydrogens (primary N) is 2. The van der Waals surface area contributed by atoms with E-state index in [1.807, 2.05) is 42.5 Å². The van der Waals surface area contributed by atoms with E-state index < -0.39 is 0 Å². The van der Waals surface area contributed by atoms with Crippen LogP contribution in [-0.2, 0) is 0 Å². The summed E-state index contributed by atoms with van der Waals surface area (Å²) < 4.78 is 13.5. The molecule has 0 aromatic heterocycles. The van der Waals surface area contributed by atoms with Crippen molar-refractivity contribution in [1.29, 1.82) is 5.41 Å². The molecule has 0 aliphatic carbocycles. The van der Waals surface area contributed by atoms with Gasteiger partial charge >= 0.3 is 0 Å². The van der Waals surface area contributed by atoms with Crippen LogP contribution in [0.1, 0.15) is 21.5 Å². The lowest BCUT2D eigenvalue weighted by Crippen LogP contribution is -2.15. The highest BCUT2D eigenvalue weighted by Crippen LogP contribution is 2.31. The second-order valence-electron chi connectivity index (χ2n) is 7.34. The van der Waals surface area contributed by atoms with E-state index in [1.54, 1.807) is 25.1 Å². The number of carbonyl (C=O) groups is 1. The summed E-state index contributed by atoms with van der Waals surface area (Å²) >= 11 is 0. The van der Waals surface area contributed by atoms with E-state index in [0.29, 0.717) is 28.1 Å². The zero-order valence-electron chi connectivity index (χ0n) is 16.9. The van der Waals surface area contributed by atoms with E-state index in [1.165, 1.54) is 12.1 Å². The number of benzene rings is 4. The highest BCUT2D eigenvalue weighted by Gasteiger charge is 2.14. The third kappa shape index (κ3) is 3.83. The highest BCUT2D eigenvalue weighted by molar-refractivity contribution is 6.14. The first-order valence-electron chi connectivity index (χ1n) is 9.68. The standard InChI is InChI=1S/C25H21FN4O/c1-14-12-17(9-11-21(14)26)30-25(31)20-6-2-4-15-13-16(8-10-18(15)20)19-5-3-7-22(27)23(19)24(28)29/h2-13H,27H2,1H3,(H3,28,29)(H,30,31). The summed E-state index contributed by atoms with van der Waals surface area (Å²) in [5.74, 6) is -0.698. The van der Waals surface area contributed by atoms with Gasteiger partial charge in [0.2, 0.25) is 0 Å². The molecule has 5 nitrogen and oxygen atoms in total. The number of nitrogen functional groups attached to an aromatic ring is 2. The monoisotopic (exact) mass is 412 g/mol. The maximum absolute atomic E-state index is 13.5. The van der Waals surface area contributed by atoms with Crippen molar-refractivity contribution in [2.45, 2.75) is 6.92 Å². The number of hydrogen-bond donors (Lipinski definition) is 4. The first-order chi connectivity index (χ1) is 14.8. The Morgan fingerprint density at radius 3 is 2.52 bits per heavy atom. The fourth-order valence-corrected chi connectivity index (χ4v) is 3.68. The number of anilines is 2. The minimum Gasteiger partial charge on any atom is -0.398 e. The van der Waals surface area contributed by atoms with Crippen molar-refractivity contribution in [3.8, 4) is 11.1 Å². The second-order valence-corrected chi connectivity index (χ2v) is 7.34. The van der Waals surface area contributed by atoms with Gasteiger partial charge in [-0.05, 0) is 70.8 Å². The van der Waals surface area contributed by atoms with Gasteiger partial charge in [0, 0.05) is 22.5 Å². The Bertz CT molecular complexity index is 1350. The Kier molecular flexibility index (Phi) is 5.13. The van der Waals surface area contributed by atoms with Gasteiger partial charge in [0.1, 0.15) is 11.7 Å². The second kappa shape index (κ2) is 7.91. The topological polar surface area (TPSA) is 105 Å². The van der Waals surface area contributed by atoms with Gasteiger partial charge in [0.05, 0.1) is 0 Å². The van der Waals surface area contributed by atoms with Crippen LogP contribution in [0.25, 0.3) is 21.9 Å². The van der Waals surface area contributed by atoms with E-state index in [2.05, 4.69) is 5.32 Å². The minimum absolute atomic E-state index is 0.101. The summed E-state index contributed by atoms with van der Waals surface area (Å²) in [5.41, 5.74) is 15.8. The zero-order chi connectivity index (χ0) is 22.1. The van der Waals surface area contributed by atoms with E-state index in [4.69, 9.17) is 16.9 Å². The van der Waals surface area contributed by atoms with Crippen molar-refractivity contribution in [1.82, 2.24) is 0 Å². The molecule has 4 aromatic carbocycles. The molecule has 0 radical (unpaired) electrons. The first kappa shape index (κ1) is 20.1. The summed E-state index contributed by atoms with van der Waals surface area (Å²) in [5, 5.41) is 12.3. The molecular weight excluding hydrogens is 391 g/mol. The summed E-state index contributed by atoms with van der Waals surface area (Å²) in [6, 6.07) is 21.0. The molecule has 0 saturated heterocycles. The average molecular weight is 412 g/mol. The Morgan fingerprint density at radius 1 is 1.00 bits per heavy atom. The molecule has 0 bridgehead atoms. The number of halogens is 1. The number of nitrogens with one attached hydrogen (secondary N) is 2. The minimum atomic E-state index is -0.317. The van der Waals surface area contributed by atoms with Gasteiger partial charge in [-0.25, -0.2) is 4.39 Å². The van der Waals surface area contributed by atoms with Crippen LogP contribution in [0.15, 0.2) is 72.8 Å². The quantitative estimate of drug-likeness (QED) is 0.214. The third-order valence-corrected chi connectivity index (χ3v) is 5.22. The first-order valence-corrected chi connectivity index (χ1v) is 9.68. The molecule has 154 valence electrons. The maximum atomic E-state index is 13.5. The Balaban J connectivity index is 1.74. The molecule has 0 spiro atoms. The van der Waals surface area contributed by atoms with Gasteiger partial charge in [-0.15, -0.1) is 0 Å². The molecule has 0 aliphatic heterocycles. The van der Waals surface area contributed by atoms with E-state index in [-0.39, 0.29) is 17.6 Å². The molecule has 0 atom stereocenters. The van der Waals surface area contributed by atoms with Crippen LogP contribution in [-0.4, -0.2) is 11.7 Å². The van der Waals surface area contributed by atoms with Crippen molar-refractivity contribution in [2.24, 2.45) is 5.73 Å². The number of rotatable bonds is 4. The van der Waals surface area contributed by atoms with Gasteiger partial charge in [-0.1, -0.05) is 36.4 Å². The molecule has 0 unspecified atom stereocenters. The number of hydrogen-bond acceptors (Lipinski definition) is 3. The Hall–Kier alpha value is -4.19. The molecule has 0 fully saturated rings. The van der Waals surface area contributed by atoms with Gasteiger partial charge in [0.25, 0.3) is 5.91 Å². The van der Waals surface area contributed by atoms with E-state index >= 15 is 0 Å². The van der Waals surface area contributed by atoms with Crippen molar-refractivity contribution in [2.75, 3.05) is 11.1 Å². The smallest absolute Gasteiger partial charge is 0.256 e. The van der Waals surface area contributed by atoms with Gasteiger partial charge < -0.3 is 16.8 Å². The molecule has 6 heteroatoms. The number of amides is 1. The number of fused-ring (bicyclic) bond motifs is 1. The molecule has 0 heterocycles. The largest absolute Gasteiger partial charge is 0.398 e. The molecule has 1 amide bonds. The summed E-state index contributed by atoms with van der Waals surface area (Å²) in [4.78, 5) is 12.9. The molecular formula is C25H21FN4O. The lowest BCUT2D eigenvalue weighted by molar-refractivity contribution is 0.102. The molecule has 31 heavy (non-hydrogen) atoms. The fourth-order valence-electron chi connectivity index (χ4n) is 3.68. The van der Waals surface area contributed by atoms with Crippen LogP contribution in [0.4, 0.5) is 15.8 Å². The van der Waals surface area contributed by atoms with Crippen LogP contribution in [0.5, 0.6) is 0 Å². The number of amidine groups is 1. The molecule has 6 N–H and O–H groups in total. The maximum Gasteiger partial charge on any atom is 0.256 e. The fraction of sp³-hybridized carbons (Fsp3) is 0.0400. The Morgan fingerprint density at radius 2 is 1.77 bits per heavy atom. The molecule has 4 rings (SSSR count). The molecule has 0 aliphatic rings. The SMILES string of the molecule is Cc1cc(NC(=O)c2cccc3cc(-c4cccc(N)c4C(=N)N)ccc23)ccc1F. The van der Waals surface area contributed by atoms with Gasteiger partial charge in [-0.2, -0.15) is 0 Å². The zero-order valence-corrected chi connectivity index (χ0v) is 16.9. The van der Waals surface area contributed by atoms with E-state index in [0.717, 1.165) is 21.9 Å². The predicted molar refractivity (Wildman–Crippen MR) is 124 cm³/mol. The number of aryl methyl sites for hydroxylation is 1. The van der Waals surface area contributed by atoms with Gasteiger partial charge in [-0.3, -0.25) is 10.2 Å². The lowest BCUT2D eigenvalue weighted by atomic mass is 9.94. The van der Waals surface area contributed by atoms with Crippen LogP contribution in [0.2, 0.25) is 0 Å². The van der Waals surface area contributed by atoms with Crippen LogP contribution in [0.3, 0.4) is 0 Å². The lowest BCUT2D eigenvalue weighted by Gasteiger charge is -2.13. The third-order valence-electron chi connectivity index (χ3n) is 5.22. The molecule has 0 saturated carbocycles. The Labute approximate surface area is 179 Å². The van der Waals surface area contributed by atoms with Crippen molar-refractivity contribution < 1.29 is 9.18 Å². The summed E-state index contributed by atoms with van der Waals surface area (Å²) in [6.45, 7) is 1.65. The average Bonchev–Trinajstić information content (AvgIpc) is 2.75. The van der Waals surface area contributed by atoms with Crippen LogP contribution >= 0.6 is 0 Å². The predicted octanol–water partition coefficient (Wildman–Crippen LogP) is 5.07. The normalized spacial score (nSPS) is 10.8. The van der Waals surface area contributed by atoms with Crippen molar-refractivity contribution in [3.63, 3.8) is 0 Å². The van der Waals surface area contributed by atoms with Crippen LogP contribution in [0, 0.1) is 18.2 Å². The molecule has 4 aromatic rings. The van der Waals surface area contributed by atoms with Gasteiger partial charge in [0.15, 0.2) is 0 Å². The number of carbonyl (C=O) groups excluding carboxylic acids is 1. The van der Waals surface area contributed by atoms with Crippen molar-refractivity contribution in [3.05, 3.63) is 95.3 Å². The highest BCUT2D eigenvalue weighted by atomic mass is 19.1. The summed E-state index contributed by atoms with van der Waals surface area (Å²) in [7, 11) is 0. The van der Waals surface area contributed by atoms with E-state index in [9.17, 15) is 9.18 Å². The summed E-state index contributed by atoms with van der Waals surface area (Å²) in [6.07, 6.45) is 0. The van der Waals surface area contributed by atoms with Crippen molar-refractivity contribution >= 4 is 33.9 Å². The van der Waals surface area contributed by atoms with Crippen LogP contribution < -0.4 is 16.8 Å².